The predicted molar refractivity (Wildman–Crippen MR) is 63.9 cm³/mol. The summed E-state index contributed by atoms with van der Waals surface area (Å²) in [6.07, 6.45) is 1.05. The van der Waals surface area contributed by atoms with Crippen LogP contribution < -0.4 is 5.32 Å². The third-order valence-corrected chi connectivity index (χ3v) is 3.81. The van der Waals surface area contributed by atoms with Crippen LogP contribution in [-0.2, 0) is 0 Å². The Morgan fingerprint density at radius 1 is 1.40 bits per heavy atom. The second kappa shape index (κ2) is 4.29. The van der Waals surface area contributed by atoms with Gasteiger partial charge in [0.05, 0.1) is 0 Å². The normalized spacial score (nSPS) is 13.3. The molecule has 1 nitrogen and oxygen atoms in total. The first-order chi connectivity index (χ1) is 7.24. The van der Waals surface area contributed by atoms with Gasteiger partial charge in [-0.05, 0) is 37.1 Å². The summed E-state index contributed by atoms with van der Waals surface area (Å²) >= 11 is 1.67. The van der Waals surface area contributed by atoms with Gasteiger partial charge < -0.3 is 5.32 Å². The van der Waals surface area contributed by atoms with Crippen LogP contribution in [0, 0.1) is 5.82 Å². The molecule has 0 saturated heterocycles. The summed E-state index contributed by atoms with van der Waals surface area (Å²) in [4.78, 5) is 1.28. The molecule has 1 atom stereocenters. The zero-order chi connectivity index (χ0) is 10.8. The third kappa shape index (κ3) is 2.03. The summed E-state index contributed by atoms with van der Waals surface area (Å²) in [5, 5.41) is 4.39. The fourth-order valence-electron chi connectivity index (χ4n) is 1.74. The molecule has 0 amide bonds. The molecule has 3 heteroatoms. The van der Waals surface area contributed by atoms with Gasteiger partial charge in [-0.2, -0.15) is 0 Å². The molecule has 0 aliphatic carbocycles. The molecule has 15 heavy (non-hydrogen) atoms. The highest BCUT2D eigenvalue weighted by Gasteiger charge is 2.10. The minimum atomic E-state index is -0.159. The van der Waals surface area contributed by atoms with Crippen molar-refractivity contribution < 1.29 is 4.39 Å². The second-order valence-corrected chi connectivity index (χ2v) is 4.70. The number of rotatable bonds is 3. The minimum absolute atomic E-state index is 0.159. The smallest absolute Gasteiger partial charge is 0.124 e. The standard InChI is InChI=1S/C12H14FNS/c1-3-10(14-2)12-6-8-4-5-9(13)7-11(8)15-12/h4-7,10,14H,3H2,1-2H3. The molecule has 0 aliphatic rings. The van der Waals surface area contributed by atoms with Crippen LogP contribution in [0.3, 0.4) is 0 Å². The number of fused-ring (bicyclic) bond motifs is 1. The van der Waals surface area contributed by atoms with Crippen molar-refractivity contribution >= 4 is 21.4 Å². The summed E-state index contributed by atoms with van der Waals surface area (Å²) < 4.78 is 14.0. The van der Waals surface area contributed by atoms with E-state index in [2.05, 4.69) is 18.3 Å². The Morgan fingerprint density at radius 2 is 2.20 bits per heavy atom. The summed E-state index contributed by atoms with van der Waals surface area (Å²) in [6.45, 7) is 2.14. The zero-order valence-electron chi connectivity index (χ0n) is 8.88. The first-order valence-electron chi connectivity index (χ1n) is 5.11. The Morgan fingerprint density at radius 3 is 2.87 bits per heavy atom. The molecule has 1 N–H and O–H groups in total. The van der Waals surface area contributed by atoms with Crippen LogP contribution in [0.1, 0.15) is 24.3 Å². The van der Waals surface area contributed by atoms with E-state index in [4.69, 9.17) is 0 Å². The van der Waals surface area contributed by atoms with Crippen molar-refractivity contribution in [2.45, 2.75) is 19.4 Å². The van der Waals surface area contributed by atoms with Crippen LogP contribution >= 0.6 is 11.3 Å². The average Bonchev–Trinajstić information content (AvgIpc) is 2.62. The lowest BCUT2D eigenvalue weighted by Crippen LogP contribution is -2.13. The monoisotopic (exact) mass is 223 g/mol. The number of thiophene rings is 1. The van der Waals surface area contributed by atoms with Crippen LogP contribution in [0.25, 0.3) is 10.1 Å². The van der Waals surface area contributed by atoms with E-state index >= 15 is 0 Å². The Labute approximate surface area is 92.9 Å². The molecule has 0 saturated carbocycles. The first-order valence-corrected chi connectivity index (χ1v) is 5.92. The molecule has 2 aromatic rings. The van der Waals surface area contributed by atoms with E-state index in [9.17, 15) is 4.39 Å². The van der Waals surface area contributed by atoms with E-state index in [1.165, 1.54) is 10.9 Å². The average molecular weight is 223 g/mol. The van der Waals surface area contributed by atoms with Gasteiger partial charge in [-0.1, -0.05) is 13.0 Å². The number of hydrogen-bond donors (Lipinski definition) is 1. The van der Waals surface area contributed by atoms with Crippen molar-refractivity contribution in [3.05, 3.63) is 35.0 Å². The topological polar surface area (TPSA) is 12.0 Å². The van der Waals surface area contributed by atoms with Gasteiger partial charge in [0.2, 0.25) is 0 Å². The molecule has 1 aromatic carbocycles. The maximum Gasteiger partial charge on any atom is 0.124 e. The molecule has 1 unspecified atom stereocenters. The van der Waals surface area contributed by atoms with Crippen LogP contribution in [-0.4, -0.2) is 7.05 Å². The Hall–Kier alpha value is -0.930. The van der Waals surface area contributed by atoms with Crippen LogP contribution in [0.5, 0.6) is 0 Å². The van der Waals surface area contributed by atoms with Crippen LogP contribution in [0.15, 0.2) is 24.3 Å². The fourth-order valence-corrected chi connectivity index (χ4v) is 3.03. The van der Waals surface area contributed by atoms with E-state index in [0.29, 0.717) is 6.04 Å². The quantitative estimate of drug-likeness (QED) is 0.836. The van der Waals surface area contributed by atoms with E-state index in [1.807, 2.05) is 13.1 Å². The molecule has 0 radical (unpaired) electrons. The highest BCUT2D eigenvalue weighted by molar-refractivity contribution is 7.19. The predicted octanol–water partition coefficient (Wildman–Crippen LogP) is 3.71. The molecule has 0 bridgehead atoms. The van der Waals surface area contributed by atoms with Crippen molar-refractivity contribution in [2.24, 2.45) is 0 Å². The highest BCUT2D eigenvalue weighted by atomic mass is 32.1. The number of hydrogen-bond acceptors (Lipinski definition) is 2. The van der Waals surface area contributed by atoms with Crippen LogP contribution in [0.4, 0.5) is 4.39 Å². The maximum absolute atomic E-state index is 13.0. The van der Waals surface area contributed by atoms with Crippen molar-refractivity contribution in [3.8, 4) is 0 Å². The molecular weight excluding hydrogens is 209 g/mol. The molecule has 80 valence electrons. The fraction of sp³-hybridized carbons (Fsp3) is 0.333. The van der Waals surface area contributed by atoms with E-state index < -0.39 is 0 Å². The van der Waals surface area contributed by atoms with Gasteiger partial charge in [0.15, 0.2) is 0 Å². The van der Waals surface area contributed by atoms with E-state index in [0.717, 1.165) is 16.5 Å². The van der Waals surface area contributed by atoms with Crippen molar-refractivity contribution in [2.75, 3.05) is 7.05 Å². The van der Waals surface area contributed by atoms with Crippen molar-refractivity contribution in [3.63, 3.8) is 0 Å². The van der Waals surface area contributed by atoms with Gasteiger partial charge >= 0.3 is 0 Å². The Bertz CT molecular complexity index is 460. The Kier molecular flexibility index (Phi) is 3.03. The highest BCUT2D eigenvalue weighted by Crippen LogP contribution is 2.31. The van der Waals surface area contributed by atoms with Crippen LogP contribution in [0.2, 0.25) is 0 Å². The third-order valence-electron chi connectivity index (χ3n) is 2.60. The molecule has 0 fully saturated rings. The zero-order valence-corrected chi connectivity index (χ0v) is 9.70. The van der Waals surface area contributed by atoms with Gasteiger partial charge in [0.25, 0.3) is 0 Å². The number of benzene rings is 1. The van der Waals surface area contributed by atoms with Gasteiger partial charge in [-0.15, -0.1) is 11.3 Å². The first kappa shape index (κ1) is 10.6. The largest absolute Gasteiger partial charge is 0.312 e. The van der Waals surface area contributed by atoms with Gasteiger partial charge in [-0.25, -0.2) is 4.39 Å². The van der Waals surface area contributed by atoms with Crippen molar-refractivity contribution in [1.82, 2.24) is 5.32 Å². The number of nitrogens with one attached hydrogen (secondary N) is 1. The molecule has 1 aromatic heterocycles. The second-order valence-electron chi connectivity index (χ2n) is 3.58. The van der Waals surface area contributed by atoms with Gasteiger partial charge in [0, 0.05) is 15.6 Å². The summed E-state index contributed by atoms with van der Waals surface area (Å²) in [5.41, 5.74) is 0. The molecule has 0 aliphatic heterocycles. The molecule has 1 heterocycles. The lowest BCUT2D eigenvalue weighted by molar-refractivity contribution is 0.587. The summed E-state index contributed by atoms with van der Waals surface area (Å²) in [5.74, 6) is -0.159. The van der Waals surface area contributed by atoms with Gasteiger partial charge in [-0.3, -0.25) is 0 Å². The lowest BCUT2D eigenvalue weighted by atomic mass is 10.1. The maximum atomic E-state index is 13.0. The van der Waals surface area contributed by atoms with Crippen molar-refractivity contribution in [1.29, 1.82) is 0 Å². The van der Waals surface area contributed by atoms with E-state index in [-0.39, 0.29) is 5.82 Å². The SMILES string of the molecule is CCC(NC)c1cc2ccc(F)cc2s1. The Balaban J connectivity index is 2.46. The van der Waals surface area contributed by atoms with E-state index in [1.54, 1.807) is 17.4 Å². The summed E-state index contributed by atoms with van der Waals surface area (Å²) in [7, 11) is 1.96. The lowest BCUT2D eigenvalue weighted by Gasteiger charge is -2.10. The molecule has 0 spiro atoms. The molecular formula is C12H14FNS. The minimum Gasteiger partial charge on any atom is -0.312 e. The van der Waals surface area contributed by atoms with Gasteiger partial charge in [0.1, 0.15) is 5.82 Å². The summed E-state index contributed by atoms with van der Waals surface area (Å²) in [6, 6.07) is 7.48. The number of halogens is 1. The molecule has 2 rings (SSSR count).